The SMILES string of the molecule is OC1C[C@@H]2ON(Cc3ccccc3)[C@H](COCc3ccccc3)[C@@H]2O1. The lowest BCUT2D eigenvalue weighted by Crippen LogP contribution is -2.40. The number of fused-ring (bicyclic) bond motifs is 1. The summed E-state index contributed by atoms with van der Waals surface area (Å²) in [4.78, 5) is 6.04. The molecule has 0 saturated carbocycles. The first kappa shape index (κ1) is 16.7. The Morgan fingerprint density at radius 1 is 1.00 bits per heavy atom. The first-order valence-corrected chi connectivity index (χ1v) is 8.72. The summed E-state index contributed by atoms with van der Waals surface area (Å²) in [5.74, 6) is 0. The quantitative estimate of drug-likeness (QED) is 0.875. The van der Waals surface area contributed by atoms with E-state index in [1.165, 1.54) is 5.56 Å². The molecule has 0 aliphatic carbocycles. The summed E-state index contributed by atoms with van der Waals surface area (Å²) in [6.45, 7) is 1.72. The standard InChI is InChI=1S/C20H23NO4/c22-19-11-18-20(24-19)17(14-23-13-16-9-5-2-6-10-16)21(25-18)12-15-7-3-1-4-8-15/h1-10,17-20,22H,11-14H2/t17-,18+,19?,20+/m1/s1. The molecule has 1 N–H and O–H groups in total. The summed E-state index contributed by atoms with van der Waals surface area (Å²) in [7, 11) is 0. The van der Waals surface area contributed by atoms with Gasteiger partial charge in [0, 0.05) is 13.0 Å². The Morgan fingerprint density at radius 3 is 2.40 bits per heavy atom. The number of rotatable bonds is 6. The molecule has 0 amide bonds. The van der Waals surface area contributed by atoms with Crippen LogP contribution in [-0.4, -0.2) is 41.3 Å². The van der Waals surface area contributed by atoms with Crippen molar-refractivity contribution in [2.75, 3.05) is 6.61 Å². The predicted octanol–water partition coefficient (Wildman–Crippen LogP) is 2.50. The number of hydroxylamine groups is 2. The fraction of sp³-hybridized carbons (Fsp3) is 0.400. The number of aliphatic hydroxyl groups is 1. The zero-order valence-electron chi connectivity index (χ0n) is 14.0. The molecule has 4 rings (SSSR count). The average Bonchev–Trinajstić information content (AvgIpc) is 3.13. The van der Waals surface area contributed by atoms with Crippen molar-refractivity contribution < 1.29 is 19.4 Å². The molecule has 4 atom stereocenters. The molecule has 0 aromatic heterocycles. The molecule has 2 aliphatic rings. The summed E-state index contributed by atoms with van der Waals surface area (Å²) in [5.41, 5.74) is 2.32. The molecule has 0 radical (unpaired) electrons. The first-order chi connectivity index (χ1) is 12.3. The molecule has 2 aliphatic heterocycles. The zero-order chi connectivity index (χ0) is 17.1. The molecule has 0 bridgehead atoms. The third-order valence-electron chi connectivity index (χ3n) is 4.72. The number of ether oxygens (including phenoxy) is 2. The fourth-order valence-corrected chi connectivity index (χ4v) is 3.48. The second kappa shape index (κ2) is 7.64. The highest BCUT2D eigenvalue weighted by atomic mass is 16.7. The van der Waals surface area contributed by atoms with Crippen LogP contribution in [0.4, 0.5) is 0 Å². The number of hydrogen-bond donors (Lipinski definition) is 1. The van der Waals surface area contributed by atoms with Gasteiger partial charge in [-0.1, -0.05) is 60.7 Å². The van der Waals surface area contributed by atoms with Crippen molar-refractivity contribution in [1.29, 1.82) is 0 Å². The van der Waals surface area contributed by atoms with Crippen molar-refractivity contribution >= 4 is 0 Å². The molecule has 2 heterocycles. The Labute approximate surface area is 147 Å². The summed E-state index contributed by atoms with van der Waals surface area (Å²) in [5, 5.41) is 11.7. The van der Waals surface area contributed by atoms with Crippen LogP contribution < -0.4 is 0 Å². The molecule has 2 aromatic rings. The molecule has 5 nitrogen and oxygen atoms in total. The Kier molecular flexibility index (Phi) is 5.10. The van der Waals surface area contributed by atoms with Crippen LogP contribution >= 0.6 is 0 Å². The van der Waals surface area contributed by atoms with E-state index in [2.05, 4.69) is 12.1 Å². The monoisotopic (exact) mass is 341 g/mol. The van der Waals surface area contributed by atoms with Gasteiger partial charge in [-0.2, -0.15) is 5.06 Å². The number of nitrogens with zero attached hydrogens (tertiary/aromatic N) is 1. The Balaban J connectivity index is 1.41. The van der Waals surface area contributed by atoms with Gasteiger partial charge in [0.05, 0.1) is 19.3 Å². The molecule has 2 fully saturated rings. The molecule has 5 heteroatoms. The van der Waals surface area contributed by atoms with Gasteiger partial charge < -0.3 is 14.6 Å². The summed E-state index contributed by atoms with van der Waals surface area (Å²) in [6, 6.07) is 20.3. The van der Waals surface area contributed by atoms with Gasteiger partial charge in [-0.25, -0.2) is 0 Å². The highest BCUT2D eigenvalue weighted by Crippen LogP contribution is 2.35. The average molecular weight is 341 g/mol. The van der Waals surface area contributed by atoms with Crippen molar-refractivity contribution in [2.24, 2.45) is 0 Å². The van der Waals surface area contributed by atoms with E-state index in [4.69, 9.17) is 14.3 Å². The topological polar surface area (TPSA) is 51.2 Å². The summed E-state index contributed by atoms with van der Waals surface area (Å²) >= 11 is 0. The van der Waals surface area contributed by atoms with Crippen LogP contribution in [0.2, 0.25) is 0 Å². The molecule has 2 saturated heterocycles. The van der Waals surface area contributed by atoms with Crippen LogP contribution in [0.25, 0.3) is 0 Å². The maximum atomic E-state index is 9.77. The summed E-state index contributed by atoms with van der Waals surface area (Å²) < 4.78 is 11.6. The molecule has 2 aromatic carbocycles. The van der Waals surface area contributed by atoms with Gasteiger partial charge in [-0.05, 0) is 11.1 Å². The van der Waals surface area contributed by atoms with E-state index in [0.717, 1.165) is 5.56 Å². The lowest BCUT2D eigenvalue weighted by molar-refractivity contribution is -0.191. The first-order valence-electron chi connectivity index (χ1n) is 8.72. The minimum Gasteiger partial charge on any atom is -0.375 e. The molecular formula is C20H23NO4. The van der Waals surface area contributed by atoms with E-state index in [1.807, 2.05) is 53.6 Å². The van der Waals surface area contributed by atoms with Crippen molar-refractivity contribution in [3.8, 4) is 0 Å². The largest absolute Gasteiger partial charge is 0.375 e. The van der Waals surface area contributed by atoms with Crippen LogP contribution in [0, 0.1) is 0 Å². The maximum Gasteiger partial charge on any atom is 0.157 e. The normalized spacial score (nSPS) is 29.0. The van der Waals surface area contributed by atoms with Crippen LogP contribution in [0.1, 0.15) is 17.5 Å². The third kappa shape index (κ3) is 3.92. The van der Waals surface area contributed by atoms with Crippen molar-refractivity contribution in [1.82, 2.24) is 5.06 Å². The van der Waals surface area contributed by atoms with Gasteiger partial charge in [-0.15, -0.1) is 0 Å². The molecular weight excluding hydrogens is 318 g/mol. The van der Waals surface area contributed by atoms with Crippen LogP contribution in [-0.2, 0) is 27.5 Å². The minimum atomic E-state index is -0.745. The van der Waals surface area contributed by atoms with Gasteiger partial charge in [0.2, 0.25) is 0 Å². The van der Waals surface area contributed by atoms with Gasteiger partial charge in [-0.3, -0.25) is 4.84 Å². The van der Waals surface area contributed by atoms with Gasteiger partial charge in [0.25, 0.3) is 0 Å². The summed E-state index contributed by atoms with van der Waals surface area (Å²) in [6.07, 6.45) is -0.505. The Morgan fingerprint density at radius 2 is 1.68 bits per heavy atom. The molecule has 0 spiro atoms. The van der Waals surface area contributed by atoms with E-state index in [9.17, 15) is 5.11 Å². The highest BCUT2D eigenvalue weighted by Gasteiger charge is 2.50. The number of hydrogen-bond acceptors (Lipinski definition) is 5. The van der Waals surface area contributed by atoms with Crippen molar-refractivity contribution in [2.45, 2.75) is 44.1 Å². The molecule has 132 valence electrons. The van der Waals surface area contributed by atoms with E-state index in [0.29, 0.717) is 26.2 Å². The Bertz CT molecular complexity index is 666. The third-order valence-corrected chi connectivity index (χ3v) is 4.72. The van der Waals surface area contributed by atoms with Crippen LogP contribution in [0.3, 0.4) is 0 Å². The van der Waals surface area contributed by atoms with Crippen molar-refractivity contribution in [3.05, 3.63) is 71.8 Å². The lowest BCUT2D eigenvalue weighted by atomic mass is 10.1. The van der Waals surface area contributed by atoms with Crippen LogP contribution in [0.15, 0.2) is 60.7 Å². The predicted molar refractivity (Wildman–Crippen MR) is 92.2 cm³/mol. The fourth-order valence-electron chi connectivity index (χ4n) is 3.48. The van der Waals surface area contributed by atoms with Gasteiger partial charge >= 0.3 is 0 Å². The zero-order valence-corrected chi connectivity index (χ0v) is 14.0. The van der Waals surface area contributed by atoms with E-state index in [1.54, 1.807) is 0 Å². The maximum absolute atomic E-state index is 9.77. The Hall–Kier alpha value is -1.76. The van der Waals surface area contributed by atoms with Gasteiger partial charge in [0.15, 0.2) is 6.29 Å². The molecule has 1 unspecified atom stereocenters. The van der Waals surface area contributed by atoms with E-state index in [-0.39, 0.29) is 18.2 Å². The second-order valence-corrected chi connectivity index (χ2v) is 6.56. The molecule has 25 heavy (non-hydrogen) atoms. The van der Waals surface area contributed by atoms with E-state index >= 15 is 0 Å². The number of benzene rings is 2. The minimum absolute atomic E-state index is 0.0360. The van der Waals surface area contributed by atoms with Crippen molar-refractivity contribution in [3.63, 3.8) is 0 Å². The second-order valence-electron chi connectivity index (χ2n) is 6.56. The smallest absolute Gasteiger partial charge is 0.157 e. The van der Waals surface area contributed by atoms with E-state index < -0.39 is 6.29 Å². The lowest BCUT2D eigenvalue weighted by Gasteiger charge is -2.26. The number of aliphatic hydroxyl groups excluding tert-OH is 1. The highest BCUT2D eigenvalue weighted by molar-refractivity contribution is 5.15. The van der Waals surface area contributed by atoms with Crippen LogP contribution in [0.5, 0.6) is 0 Å². The van der Waals surface area contributed by atoms with Gasteiger partial charge in [0.1, 0.15) is 12.2 Å².